The number of rotatable bonds is 6. The van der Waals surface area contributed by atoms with Crippen molar-refractivity contribution in [2.75, 3.05) is 23.8 Å². The maximum atomic E-state index is 12.4. The zero-order valence-corrected chi connectivity index (χ0v) is 14.4. The molecule has 0 unspecified atom stereocenters. The minimum absolute atomic E-state index is 0.0319. The average Bonchev–Trinajstić information content (AvgIpc) is 2.56. The summed E-state index contributed by atoms with van der Waals surface area (Å²) in [4.78, 5) is 23.8. The molecule has 0 bridgehead atoms. The fourth-order valence-corrected chi connectivity index (χ4v) is 2.36. The quantitative estimate of drug-likeness (QED) is 0.751. The number of ether oxygens (including phenoxy) is 1. The maximum absolute atomic E-state index is 12.4. The smallest absolute Gasteiger partial charge is 0.325 e. The van der Waals surface area contributed by atoms with Gasteiger partial charge in [0.15, 0.2) is 0 Å². The van der Waals surface area contributed by atoms with Gasteiger partial charge in [0.2, 0.25) is 0 Å². The molecule has 126 valence electrons. The molecule has 0 spiro atoms. The number of hydrogen-bond acceptors (Lipinski definition) is 4. The molecule has 0 radical (unpaired) electrons. The molecule has 0 aliphatic rings. The summed E-state index contributed by atoms with van der Waals surface area (Å²) < 4.78 is 4.84. The van der Waals surface area contributed by atoms with E-state index in [9.17, 15) is 9.59 Å². The SMILES string of the molecule is CCOC(=O)CNc1cccc(C(=O)Nc2ccc(Cl)cc2)c1Cl. The third kappa shape index (κ3) is 4.88. The van der Waals surface area contributed by atoms with Gasteiger partial charge in [0.1, 0.15) is 6.54 Å². The lowest BCUT2D eigenvalue weighted by Gasteiger charge is -2.12. The lowest BCUT2D eigenvalue weighted by atomic mass is 10.1. The Hall–Kier alpha value is -2.24. The van der Waals surface area contributed by atoms with E-state index in [0.717, 1.165) is 0 Å². The van der Waals surface area contributed by atoms with Gasteiger partial charge < -0.3 is 15.4 Å². The van der Waals surface area contributed by atoms with Crippen LogP contribution in [-0.2, 0) is 9.53 Å². The van der Waals surface area contributed by atoms with Crippen molar-refractivity contribution in [2.24, 2.45) is 0 Å². The number of esters is 1. The van der Waals surface area contributed by atoms with Crippen molar-refractivity contribution < 1.29 is 14.3 Å². The zero-order valence-electron chi connectivity index (χ0n) is 12.9. The van der Waals surface area contributed by atoms with Gasteiger partial charge in [0, 0.05) is 10.7 Å². The van der Waals surface area contributed by atoms with Gasteiger partial charge in [-0.25, -0.2) is 0 Å². The highest BCUT2D eigenvalue weighted by Crippen LogP contribution is 2.26. The average molecular weight is 367 g/mol. The van der Waals surface area contributed by atoms with Crippen LogP contribution in [0.5, 0.6) is 0 Å². The Balaban J connectivity index is 2.09. The molecule has 2 rings (SSSR count). The molecule has 0 heterocycles. The molecule has 0 aliphatic carbocycles. The van der Waals surface area contributed by atoms with Gasteiger partial charge >= 0.3 is 5.97 Å². The summed E-state index contributed by atoms with van der Waals surface area (Å²) >= 11 is 12.1. The minimum atomic E-state index is -0.399. The van der Waals surface area contributed by atoms with E-state index in [2.05, 4.69) is 10.6 Å². The Morgan fingerprint density at radius 3 is 2.46 bits per heavy atom. The molecule has 2 N–H and O–H groups in total. The number of carbonyl (C=O) groups excluding carboxylic acids is 2. The van der Waals surface area contributed by atoms with Gasteiger partial charge in [-0.15, -0.1) is 0 Å². The first-order valence-corrected chi connectivity index (χ1v) is 8.01. The van der Waals surface area contributed by atoms with Crippen LogP contribution >= 0.6 is 23.2 Å². The second-order valence-electron chi connectivity index (χ2n) is 4.79. The van der Waals surface area contributed by atoms with E-state index in [0.29, 0.717) is 28.6 Å². The molecule has 0 saturated carbocycles. The Morgan fingerprint density at radius 1 is 1.08 bits per heavy atom. The van der Waals surface area contributed by atoms with E-state index in [1.807, 2.05) is 0 Å². The molecule has 1 amide bonds. The van der Waals surface area contributed by atoms with Crippen molar-refractivity contribution >= 4 is 46.5 Å². The van der Waals surface area contributed by atoms with Gasteiger partial charge in [-0.3, -0.25) is 9.59 Å². The topological polar surface area (TPSA) is 67.4 Å². The van der Waals surface area contributed by atoms with Crippen LogP contribution in [0.2, 0.25) is 10.0 Å². The number of nitrogens with one attached hydrogen (secondary N) is 2. The van der Waals surface area contributed by atoms with E-state index in [-0.39, 0.29) is 17.5 Å². The summed E-state index contributed by atoms with van der Waals surface area (Å²) in [5.74, 6) is -0.758. The molecule has 2 aromatic rings. The van der Waals surface area contributed by atoms with Gasteiger partial charge in [-0.1, -0.05) is 29.3 Å². The van der Waals surface area contributed by atoms with Crippen LogP contribution in [0.1, 0.15) is 17.3 Å². The largest absolute Gasteiger partial charge is 0.465 e. The first kappa shape index (κ1) is 18.1. The van der Waals surface area contributed by atoms with E-state index in [1.54, 1.807) is 49.4 Å². The highest BCUT2D eigenvalue weighted by Gasteiger charge is 2.14. The van der Waals surface area contributed by atoms with Crippen LogP contribution < -0.4 is 10.6 Å². The Morgan fingerprint density at radius 2 is 1.79 bits per heavy atom. The van der Waals surface area contributed by atoms with Crippen LogP contribution in [0.4, 0.5) is 11.4 Å². The predicted molar refractivity (Wildman–Crippen MR) is 96.0 cm³/mol. The Bertz CT molecular complexity index is 733. The first-order chi connectivity index (χ1) is 11.5. The number of halogens is 2. The van der Waals surface area contributed by atoms with Crippen molar-refractivity contribution in [1.82, 2.24) is 0 Å². The van der Waals surface area contributed by atoms with Crippen LogP contribution in [0, 0.1) is 0 Å². The summed E-state index contributed by atoms with van der Waals surface area (Å²) in [6.07, 6.45) is 0. The molecule has 0 saturated heterocycles. The Kier molecular flexibility index (Phi) is 6.46. The van der Waals surface area contributed by atoms with Crippen LogP contribution in [-0.4, -0.2) is 25.0 Å². The van der Waals surface area contributed by atoms with E-state index in [1.165, 1.54) is 0 Å². The fourth-order valence-electron chi connectivity index (χ4n) is 1.95. The number of benzene rings is 2. The van der Waals surface area contributed by atoms with Crippen molar-refractivity contribution in [3.05, 3.63) is 58.1 Å². The summed E-state index contributed by atoms with van der Waals surface area (Å²) in [6.45, 7) is 2.00. The zero-order chi connectivity index (χ0) is 17.5. The standard InChI is InChI=1S/C17H16Cl2N2O3/c1-2-24-15(22)10-20-14-5-3-4-13(16(14)19)17(23)21-12-8-6-11(18)7-9-12/h3-9,20H,2,10H2,1H3,(H,21,23). The van der Waals surface area contributed by atoms with Gasteiger partial charge in [0.25, 0.3) is 5.91 Å². The highest BCUT2D eigenvalue weighted by atomic mass is 35.5. The number of carbonyl (C=O) groups is 2. The molecular formula is C17H16Cl2N2O3. The first-order valence-electron chi connectivity index (χ1n) is 7.26. The third-order valence-corrected chi connectivity index (χ3v) is 3.73. The molecule has 24 heavy (non-hydrogen) atoms. The second-order valence-corrected chi connectivity index (χ2v) is 5.60. The second kappa shape index (κ2) is 8.57. The van der Waals surface area contributed by atoms with Crippen molar-refractivity contribution in [2.45, 2.75) is 6.92 Å². The molecule has 2 aromatic carbocycles. The summed E-state index contributed by atoms with van der Waals surface area (Å²) in [6, 6.07) is 11.7. The molecule has 0 aliphatic heterocycles. The fraction of sp³-hybridized carbons (Fsp3) is 0.176. The van der Waals surface area contributed by atoms with Crippen LogP contribution in [0.15, 0.2) is 42.5 Å². The van der Waals surface area contributed by atoms with Crippen LogP contribution in [0.25, 0.3) is 0 Å². The summed E-state index contributed by atoms with van der Waals surface area (Å²) in [5, 5.41) is 6.41. The summed E-state index contributed by atoms with van der Waals surface area (Å²) in [7, 11) is 0. The summed E-state index contributed by atoms with van der Waals surface area (Å²) in [5.41, 5.74) is 1.37. The predicted octanol–water partition coefficient (Wildman–Crippen LogP) is 4.22. The highest BCUT2D eigenvalue weighted by molar-refractivity contribution is 6.37. The molecular weight excluding hydrogens is 351 g/mol. The molecule has 0 fully saturated rings. The van der Waals surface area contributed by atoms with E-state index < -0.39 is 5.97 Å². The van der Waals surface area contributed by atoms with Crippen molar-refractivity contribution in [3.8, 4) is 0 Å². The Labute approximate surface area is 149 Å². The monoisotopic (exact) mass is 366 g/mol. The van der Waals surface area contributed by atoms with E-state index in [4.69, 9.17) is 27.9 Å². The van der Waals surface area contributed by atoms with Gasteiger partial charge in [0.05, 0.1) is 22.9 Å². The normalized spacial score (nSPS) is 10.1. The van der Waals surface area contributed by atoms with Gasteiger partial charge in [-0.2, -0.15) is 0 Å². The molecule has 0 atom stereocenters. The minimum Gasteiger partial charge on any atom is -0.465 e. The van der Waals surface area contributed by atoms with Crippen molar-refractivity contribution in [1.29, 1.82) is 0 Å². The molecule has 5 nitrogen and oxygen atoms in total. The van der Waals surface area contributed by atoms with Crippen LogP contribution in [0.3, 0.4) is 0 Å². The molecule has 7 heteroatoms. The lowest BCUT2D eigenvalue weighted by molar-refractivity contribution is -0.140. The van der Waals surface area contributed by atoms with Gasteiger partial charge in [-0.05, 0) is 43.3 Å². The van der Waals surface area contributed by atoms with Crippen molar-refractivity contribution in [3.63, 3.8) is 0 Å². The lowest BCUT2D eigenvalue weighted by Crippen LogP contribution is -2.18. The number of amides is 1. The number of anilines is 2. The van der Waals surface area contributed by atoms with E-state index >= 15 is 0 Å². The third-order valence-electron chi connectivity index (χ3n) is 3.07. The maximum Gasteiger partial charge on any atom is 0.325 e. The number of hydrogen-bond donors (Lipinski definition) is 2. The molecule has 0 aromatic heterocycles.